The molecular formula is C31H38ClN3O5S. The predicted molar refractivity (Wildman–Crippen MR) is 164 cm³/mol. The van der Waals surface area contributed by atoms with E-state index in [4.69, 9.17) is 16.3 Å². The molecule has 0 fully saturated rings. The molecule has 0 aliphatic carbocycles. The second-order valence-corrected chi connectivity index (χ2v) is 13.3. The number of carbonyl (C=O) groups excluding carboxylic acids is 2. The summed E-state index contributed by atoms with van der Waals surface area (Å²) in [5, 5.41) is 3.39. The molecular weight excluding hydrogens is 562 g/mol. The van der Waals surface area contributed by atoms with Gasteiger partial charge in [-0.1, -0.05) is 60.1 Å². The van der Waals surface area contributed by atoms with Crippen molar-refractivity contribution in [1.82, 2.24) is 10.2 Å². The molecule has 1 N–H and O–H groups in total. The standard InChI is InChI=1S/C31H38ClN3O5S/c1-22-26(32)16-11-17-27(22)35(41(6,38)39)21-29(36)34(20-24-14-10-15-25(18-24)40-5)28(30(37)33-31(2,3)4)19-23-12-8-7-9-13-23/h7-18,28H,19-21H2,1-6H3,(H,33,37)/t28-/m1/s1. The largest absolute Gasteiger partial charge is 0.497 e. The van der Waals surface area contributed by atoms with Crippen molar-refractivity contribution in [1.29, 1.82) is 0 Å². The summed E-state index contributed by atoms with van der Waals surface area (Å²) in [6.07, 6.45) is 1.27. The highest BCUT2D eigenvalue weighted by atomic mass is 35.5. The van der Waals surface area contributed by atoms with E-state index in [1.807, 2.05) is 57.2 Å². The van der Waals surface area contributed by atoms with Gasteiger partial charge in [0.1, 0.15) is 18.3 Å². The van der Waals surface area contributed by atoms with E-state index in [0.29, 0.717) is 22.0 Å². The van der Waals surface area contributed by atoms with Crippen molar-refractivity contribution < 1.29 is 22.7 Å². The average molecular weight is 600 g/mol. The number of carbonyl (C=O) groups is 2. The van der Waals surface area contributed by atoms with E-state index in [2.05, 4.69) is 5.32 Å². The maximum Gasteiger partial charge on any atom is 0.244 e. The van der Waals surface area contributed by atoms with Crippen molar-refractivity contribution in [3.63, 3.8) is 0 Å². The van der Waals surface area contributed by atoms with Gasteiger partial charge in [-0.15, -0.1) is 0 Å². The fraction of sp³-hybridized carbons (Fsp3) is 0.355. The van der Waals surface area contributed by atoms with E-state index < -0.39 is 34.1 Å². The number of hydrogen-bond donors (Lipinski definition) is 1. The van der Waals surface area contributed by atoms with Crippen LogP contribution in [0.15, 0.2) is 72.8 Å². The summed E-state index contributed by atoms with van der Waals surface area (Å²) in [5.74, 6) is -0.286. The van der Waals surface area contributed by atoms with E-state index in [0.717, 1.165) is 21.7 Å². The van der Waals surface area contributed by atoms with Crippen LogP contribution in [0.5, 0.6) is 5.75 Å². The third-order valence-electron chi connectivity index (χ3n) is 6.44. The Labute approximate surface area is 248 Å². The molecule has 0 aliphatic heterocycles. The first-order valence-electron chi connectivity index (χ1n) is 13.2. The average Bonchev–Trinajstić information content (AvgIpc) is 2.90. The first-order valence-corrected chi connectivity index (χ1v) is 15.4. The summed E-state index contributed by atoms with van der Waals surface area (Å²) in [7, 11) is -2.35. The van der Waals surface area contributed by atoms with Crippen molar-refractivity contribution in [3.8, 4) is 5.75 Å². The normalized spacial score (nSPS) is 12.4. The van der Waals surface area contributed by atoms with Crippen molar-refractivity contribution in [2.45, 2.75) is 52.2 Å². The van der Waals surface area contributed by atoms with Gasteiger partial charge in [0.2, 0.25) is 21.8 Å². The number of methoxy groups -OCH3 is 1. The summed E-state index contributed by atoms with van der Waals surface area (Å²) < 4.78 is 32.4. The Hall–Kier alpha value is -3.56. The summed E-state index contributed by atoms with van der Waals surface area (Å²) in [4.78, 5) is 29.4. The van der Waals surface area contributed by atoms with Crippen molar-refractivity contribution in [2.24, 2.45) is 0 Å². The molecule has 0 aliphatic rings. The molecule has 0 unspecified atom stereocenters. The van der Waals surface area contributed by atoms with E-state index in [-0.39, 0.29) is 18.9 Å². The van der Waals surface area contributed by atoms with Crippen LogP contribution in [0.2, 0.25) is 5.02 Å². The van der Waals surface area contributed by atoms with Crippen LogP contribution in [-0.2, 0) is 32.6 Å². The van der Waals surface area contributed by atoms with Crippen LogP contribution in [-0.4, -0.2) is 56.6 Å². The molecule has 0 aromatic heterocycles. The number of nitrogens with zero attached hydrogens (tertiary/aromatic N) is 2. The lowest BCUT2D eigenvalue weighted by Gasteiger charge is -2.35. The van der Waals surface area contributed by atoms with Gasteiger partial charge in [-0.25, -0.2) is 8.42 Å². The molecule has 2 amide bonds. The second-order valence-electron chi connectivity index (χ2n) is 11.0. The summed E-state index contributed by atoms with van der Waals surface area (Å²) in [6, 6.07) is 20.6. The Morgan fingerprint density at radius 2 is 1.61 bits per heavy atom. The monoisotopic (exact) mass is 599 g/mol. The van der Waals surface area contributed by atoms with Crippen LogP contribution in [0.4, 0.5) is 5.69 Å². The Bertz CT molecular complexity index is 1470. The molecule has 0 radical (unpaired) electrons. The van der Waals surface area contributed by atoms with Crippen LogP contribution in [0.1, 0.15) is 37.5 Å². The van der Waals surface area contributed by atoms with Gasteiger partial charge in [-0.2, -0.15) is 0 Å². The van der Waals surface area contributed by atoms with Crippen molar-refractivity contribution in [3.05, 3.63) is 94.5 Å². The van der Waals surface area contributed by atoms with Gasteiger partial charge in [0, 0.05) is 23.5 Å². The third kappa shape index (κ3) is 8.96. The van der Waals surface area contributed by atoms with Gasteiger partial charge in [0.15, 0.2) is 0 Å². The fourth-order valence-corrected chi connectivity index (χ4v) is 5.50. The minimum Gasteiger partial charge on any atom is -0.497 e. The first kappa shape index (κ1) is 32.0. The molecule has 41 heavy (non-hydrogen) atoms. The number of halogens is 1. The lowest BCUT2D eigenvalue weighted by Crippen LogP contribution is -2.56. The van der Waals surface area contributed by atoms with E-state index >= 15 is 0 Å². The minimum atomic E-state index is -3.90. The number of anilines is 1. The first-order chi connectivity index (χ1) is 19.2. The molecule has 0 bridgehead atoms. The van der Waals surface area contributed by atoms with E-state index in [1.165, 1.54) is 4.90 Å². The van der Waals surface area contributed by atoms with Gasteiger partial charge in [0.25, 0.3) is 0 Å². The number of rotatable bonds is 11. The molecule has 0 heterocycles. The quantitative estimate of drug-likeness (QED) is 0.335. The topological polar surface area (TPSA) is 96.0 Å². The van der Waals surface area contributed by atoms with Gasteiger partial charge in [0.05, 0.1) is 19.1 Å². The predicted octanol–water partition coefficient (Wildman–Crippen LogP) is 4.98. The summed E-state index contributed by atoms with van der Waals surface area (Å²) in [6.45, 7) is 6.84. The molecule has 3 aromatic rings. The molecule has 0 spiro atoms. The number of nitrogens with one attached hydrogen (secondary N) is 1. The molecule has 3 aromatic carbocycles. The van der Waals surface area contributed by atoms with Crippen LogP contribution >= 0.6 is 11.6 Å². The zero-order valence-electron chi connectivity index (χ0n) is 24.3. The summed E-state index contributed by atoms with van der Waals surface area (Å²) in [5.41, 5.74) is 1.85. The Balaban J connectivity index is 2.12. The van der Waals surface area contributed by atoms with Gasteiger partial charge < -0.3 is 15.0 Å². The molecule has 220 valence electrons. The number of ether oxygens (including phenoxy) is 1. The van der Waals surface area contributed by atoms with E-state index in [9.17, 15) is 18.0 Å². The van der Waals surface area contributed by atoms with Crippen molar-refractivity contribution >= 4 is 39.1 Å². The van der Waals surface area contributed by atoms with Gasteiger partial charge >= 0.3 is 0 Å². The zero-order chi connectivity index (χ0) is 30.4. The zero-order valence-corrected chi connectivity index (χ0v) is 25.9. The molecule has 1 atom stereocenters. The van der Waals surface area contributed by atoms with Crippen molar-refractivity contribution in [2.75, 3.05) is 24.2 Å². The number of sulfonamides is 1. The SMILES string of the molecule is COc1cccc(CN(C(=O)CN(c2cccc(Cl)c2C)S(C)(=O)=O)[C@H](Cc2ccccc2)C(=O)NC(C)(C)C)c1. The number of benzene rings is 3. The molecule has 0 saturated heterocycles. The highest BCUT2D eigenvalue weighted by Gasteiger charge is 2.34. The lowest BCUT2D eigenvalue weighted by molar-refractivity contribution is -0.140. The summed E-state index contributed by atoms with van der Waals surface area (Å²) >= 11 is 6.31. The highest BCUT2D eigenvalue weighted by molar-refractivity contribution is 7.92. The number of hydrogen-bond acceptors (Lipinski definition) is 5. The second kappa shape index (κ2) is 13.4. The Morgan fingerprint density at radius 3 is 2.22 bits per heavy atom. The molecule has 8 nitrogen and oxygen atoms in total. The Morgan fingerprint density at radius 1 is 0.976 bits per heavy atom. The fourth-order valence-electron chi connectivity index (χ4n) is 4.44. The van der Waals surface area contributed by atoms with Crippen LogP contribution in [0.3, 0.4) is 0 Å². The maximum atomic E-state index is 14.2. The van der Waals surface area contributed by atoms with Crippen LogP contribution in [0, 0.1) is 6.92 Å². The molecule has 10 heteroatoms. The minimum absolute atomic E-state index is 0.0528. The third-order valence-corrected chi connectivity index (χ3v) is 7.98. The van der Waals surface area contributed by atoms with Gasteiger partial charge in [-0.05, 0) is 68.7 Å². The molecule has 0 saturated carbocycles. The molecule has 3 rings (SSSR count). The smallest absolute Gasteiger partial charge is 0.244 e. The lowest BCUT2D eigenvalue weighted by atomic mass is 10.0. The van der Waals surface area contributed by atoms with Gasteiger partial charge in [-0.3, -0.25) is 13.9 Å². The van der Waals surface area contributed by atoms with Crippen LogP contribution in [0.25, 0.3) is 0 Å². The van der Waals surface area contributed by atoms with Crippen LogP contribution < -0.4 is 14.4 Å². The Kier molecular flexibility index (Phi) is 10.4. The highest BCUT2D eigenvalue weighted by Crippen LogP contribution is 2.29. The number of amides is 2. The maximum absolute atomic E-state index is 14.2. The van der Waals surface area contributed by atoms with E-state index in [1.54, 1.807) is 50.4 Å².